The second-order valence-electron chi connectivity index (χ2n) is 7.33. The van der Waals surface area contributed by atoms with Gasteiger partial charge in [-0.25, -0.2) is 4.98 Å². The van der Waals surface area contributed by atoms with Gasteiger partial charge in [0.2, 0.25) is 5.91 Å². The minimum Gasteiger partial charge on any atom is -0.385 e. The van der Waals surface area contributed by atoms with Crippen LogP contribution in [-0.2, 0) is 9.53 Å². The maximum Gasteiger partial charge on any atom is 0.257 e. The lowest BCUT2D eigenvalue weighted by atomic mass is 10.2. The van der Waals surface area contributed by atoms with Gasteiger partial charge in [0.25, 0.3) is 5.91 Å². The highest BCUT2D eigenvalue weighted by molar-refractivity contribution is 5.99. The number of pyridine rings is 1. The average Bonchev–Trinajstić information content (AvgIpc) is 3.26. The number of anilines is 1. The fraction of sp³-hybridized carbons (Fsp3) is 0.650. The Labute approximate surface area is 166 Å². The third-order valence-electron chi connectivity index (χ3n) is 5.30. The molecule has 2 aliphatic rings. The molecule has 3 rings (SSSR count). The molecule has 0 saturated carbocycles. The number of aromatic nitrogens is 1. The van der Waals surface area contributed by atoms with Crippen LogP contribution >= 0.6 is 0 Å². The smallest absolute Gasteiger partial charge is 0.257 e. The van der Waals surface area contributed by atoms with Crippen LogP contribution in [0.5, 0.6) is 0 Å². The summed E-state index contributed by atoms with van der Waals surface area (Å²) in [5.41, 5.74) is 0.689. The van der Waals surface area contributed by atoms with E-state index in [1.54, 1.807) is 13.3 Å². The first-order chi connectivity index (χ1) is 13.7. The Kier molecular flexibility index (Phi) is 7.62. The first-order valence-electron chi connectivity index (χ1n) is 10.2. The van der Waals surface area contributed by atoms with Crippen molar-refractivity contribution in [3.8, 4) is 0 Å². The zero-order valence-electron chi connectivity index (χ0n) is 16.7. The van der Waals surface area contributed by atoms with Crippen molar-refractivity contribution in [2.75, 3.05) is 71.0 Å². The van der Waals surface area contributed by atoms with Gasteiger partial charge < -0.3 is 19.9 Å². The fourth-order valence-corrected chi connectivity index (χ4v) is 3.73. The van der Waals surface area contributed by atoms with E-state index in [-0.39, 0.29) is 11.8 Å². The van der Waals surface area contributed by atoms with Crippen molar-refractivity contribution < 1.29 is 14.3 Å². The molecule has 1 aromatic heterocycles. The maximum atomic E-state index is 13.1. The highest BCUT2D eigenvalue weighted by Gasteiger charge is 2.27. The Balaban J connectivity index is 1.49. The number of nitrogens with one attached hydrogen (secondary N) is 1. The van der Waals surface area contributed by atoms with E-state index in [2.05, 4.69) is 20.1 Å². The van der Waals surface area contributed by atoms with Gasteiger partial charge in [-0.15, -0.1) is 0 Å². The van der Waals surface area contributed by atoms with Gasteiger partial charge in [0.1, 0.15) is 5.82 Å². The van der Waals surface area contributed by atoms with Crippen molar-refractivity contribution in [2.45, 2.75) is 19.3 Å². The molecule has 154 valence electrons. The SMILES string of the molecule is COCCCNC(=O)CN1CCN(C(=O)c2cccnc2N2CCCC2)CC1. The molecule has 28 heavy (non-hydrogen) atoms. The van der Waals surface area contributed by atoms with Gasteiger partial charge in [0.15, 0.2) is 0 Å². The molecule has 3 heterocycles. The minimum atomic E-state index is 0.0273. The van der Waals surface area contributed by atoms with Gasteiger partial charge in [-0.05, 0) is 31.4 Å². The number of ether oxygens (including phenoxy) is 1. The van der Waals surface area contributed by atoms with Gasteiger partial charge in [-0.3, -0.25) is 14.5 Å². The van der Waals surface area contributed by atoms with Crippen molar-refractivity contribution in [1.82, 2.24) is 20.1 Å². The van der Waals surface area contributed by atoms with Gasteiger partial charge in [-0.2, -0.15) is 0 Å². The Morgan fingerprint density at radius 3 is 2.61 bits per heavy atom. The number of piperazine rings is 1. The van der Waals surface area contributed by atoms with Gasteiger partial charge in [0.05, 0.1) is 12.1 Å². The second-order valence-corrected chi connectivity index (χ2v) is 7.33. The molecule has 8 nitrogen and oxygen atoms in total. The highest BCUT2D eigenvalue weighted by Crippen LogP contribution is 2.23. The van der Waals surface area contributed by atoms with Crippen molar-refractivity contribution in [2.24, 2.45) is 0 Å². The van der Waals surface area contributed by atoms with E-state index in [9.17, 15) is 9.59 Å². The lowest BCUT2D eigenvalue weighted by Crippen LogP contribution is -2.51. The van der Waals surface area contributed by atoms with Crippen molar-refractivity contribution >= 4 is 17.6 Å². The van der Waals surface area contributed by atoms with Crippen LogP contribution in [0.3, 0.4) is 0 Å². The number of carbonyl (C=O) groups is 2. The van der Waals surface area contributed by atoms with E-state index in [0.717, 1.165) is 38.2 Å². The molecule has 1 aromatic rings. The van der Waals surface area contributed by atoms with Crippen molar-refractivity contribution in [3.63, 3.8) is 0 Å². The molecule has 2 saturated heterocycles. The van der Waals surface area contributed by atoms with Gasteiger partial charge >= 0.3 is 0 Å². The Bertz CT molecular complexity index is 655. The van der Waals surface area contributed by atoms with Crippen molar-refractivity contribution in [3.05, 3.63) is 23.9 Å². The molecule has 0 bridgehead atoms. The zero-order chi connectivity index (χ0) is 19.8. The van der Waals surface area contributed by atoms with Crippen LogP contribution in [0, 0.1) is 0 Å². The summed E-state index contributed by atoms with van der Waals surface area (Å²) in [7, 11) is 1.65. The summed E-state index contributed by atoms with van der Waals surface area (Å²) in [6, 6.07) is 3.71. The maximum absolute atomic E-state index is 13.1. The Morgan fingerprint density at radius 1 is 1.14 bits per heavy atom. The topological polar surface area (TPSA) is 78.0 Å². The number of hydrogen-bond acceptors (Lipinski definition) is 6. The van der Waals surface area contributed by atoms with Gasteiger partial charge in [0, 0.05) is 65.7 Å². The zero-order valence-corrected chi connectivity index (χ0v) is 16.7. The van der Waals surface area contributed by atoms with Crippen LogP contribution in [0.1, 0.15) is 29.6 Å². The summed E-state index contributed by atoms with van der Waals surface area (Å²) in [5.74, 6) is 0.876. The summed E-state index contributed by atoms with van der Waals surface area (Å²) in [5, 5.41) is 2.91. The number of amides is 2. The lowest BCUT2D eigenvalue weighted by Gasteiger charge is -2.35. The number of hydrogen-bond donors (Lipinski definition) is 1. The molecular formula is C20H31N5O3. The van der Waals surface area contributed by atoms with E-state index in [0.29, 0.717) is 51.4 Å². The summed E-state index contributed by atoms with van der Waals surface area (Å²) in [6.07, 6.45) is 4.87. The molecule has 0 unspecified atom stereocenters. The van der Waals surface area contributed by atoms with Crippen LogP contribution in [0.2, 0.25) is 0 Å². The summed E-state index contributed by atoms with van der Waals surface area (Å²) < 4.78 is 4.98. The Hall–Kier alpha value is -2.19. The highest BCUT2D eigenvalue weighted by atomic mass is 16.5. The van der Waals surface area contributed by atoms with E-state index < -0.39 is 0 Å². The minimum absolute atomic E-state index is 0.0273. The first-order valence-corrected chi connectivity index (χ1v) is 10.2. The molecule has 0 aromatic carbocycles. The molecule has 2 fully saturated rings. The third kappa shape index (κ3) is 5.42. The van der Waals surface area contributed by atoms with E-state index in [1.165, 1.54) is 0 Å². The largest absolute Gasteiger partial charge is 0.385 e. The molecule has 8 heteroatoms. The predicted octanol–water partition coefficient (Wildman–Crippen LogP) is 0.592. The summed E-state index contributed by atoms with van der Waals surface area (Å²) in [6.45, 7) is 6.25. The quantitative estimate of drug-likeness (QED) is 0.656. The molecule has 0 atom stereocenters. The van der Waals surface area contributed by atoms with E-state index in [4.69, 9.17) is 4.74 Å². The molecule has 0 aliphatic carbocycles. The molecule has 2 aliphatic heterocycles. The lowest BCUT2D eigenvalue weighted by molar-refractivity contribution is -0.122. The average molecular weight is 390 g/mol. The van der Waals surface area contributed by atoms with Crippen LogP contribution in [0.15, 0.2) is 18.3 Å². The standard InChI is InChI=1S/C20H31N5O3/c1-28-15-5-8-21-18(26)16-23-11-13-25(14-12-23)20(27)17-6-4-7-22-19(17)24-9-2-3-10-24/h4,6-7H,2-3,5,8-16H2,1H3,(H,21,26). The monoisotopic (exact) mass is 389 g/mol. The van der Waals surface area contributed by atoms with Crippen LogP contribution in [0.25, 0.3) is 0 Å². The summed E-state index contributed by atoms with van der Waals surface area (Å²) in [4.78, 5) is 35.7. The van der Waals surface area contributed by atoms with Crippen LogP contribution in [-0.4, -0.2) is 92.7 Å². The fourth-order valence-electron chi connectivity index (χ4n) is 3.73. The second kappa shape index (κ2) is 10.4. The molecule has 0 spiro atoms. The first kappa shape index (κ1) is 20.5. The number of carbonyl (C=O) groups excluding carboxylic acids is 2. The van der Waals surface area contributed by atoms with E-state index in [1.807, 2.05) is 17.0 Å². The van der Waals surface area contributed by atoms with E-state index >= 15 is 0 Å². The normalized spacial score (nSPS) is 17.8. The molecular weight excluding hydrogens is 358 g/mol. The summed E-state index contributed by atoms with van der Waals surface area (Å²) >= 11 is 0. The molecule has 0 radical (unpaired) electrons. The molecule has 2 amide bonds. The van der Waals surface area contributed by atoms with Gasteiger partial charge in [-0.1, -0.05) is 0 Å². The molecule has 1 N–H and O–H groups in total. The number of methoxy groups -OCH3 is 1. The van der Waals surface area contributed by atoms with Crippen LogP contribution in [0.4, 0.5) is 5.82 Å². The third-order valence-corrected chi connectivity index (χ3v) is 5.30. The van der Waals surface area contributed by atoms with Crippen LogP contribution < -0.4 is 10.2 Å². The van der Waals surface area contributed by atoms with Crippen molar-refractivity contribution in [1.29, 1.82) is 0 Å². The number of rotatable bonds is 8. The predicted molar refractivity (Wildman–Crippen MR) is 108 cm³/mol. The number of nitrogens with zero attached hydrogens (tertiary/aromatic N) is 4. The Morgan fingerprint density at radius 2 is 1.89 bits per heavy atom.